The predicted octanol–water partition coefficient (Wildman–Crippen LogP) is 3.20. The third-order valence-electron chi connectivity index (χ3n) is 2.88. The van der Waals surface area contributed by atoms with Crippen molar-refractivity contribution in [2.24, 2.45) is 5.73 Å². The monoisotopic (exact) mass is 242 g/mol. The van der Waals surface area contributed by atoms with Crippen molar-refractivity contribution in [3.8, 4) is 11.6 Å². The lowest BCUT2D eigenvalue weighted by Crippen LogP contribution is -2.00. The summed E-state index contributed by atoms with van der Waals surface area (Å²) in [5, 5.41) is 0. The average molecular weight is 242 g/mol. The van der Waals surface area contributed by atoms with Crippen LogP contribution < -0.4 is 10.5 Å². The summed E-state index contributed by atoms with van der Waals surface area (Å²) in [6, 6.07) is 10.0. The molecule has 3 heteroatoms. The van der Waals surface area contributed by atoms with Crippen molar-refractivity contribution in [3.05, 3.63) is 53.2 Å². The molecule has 94 valence electrons. The summed E-state index contributed by atoms with van der Waals surface area (Å²) in [7, 11) is 0. The Kier molecular flexibility index (Phi) is 3.95. The summed E-state index contributed by atoms with van der Waals surface area (Å²) in [5.74, 6) is 1.52. The number of nitrogens with two attached hydrogens (primary N) is 1. The van der Waals surface area contributed by atoms with Crippen LogP contribution >= 0.6 is 0 Å². The number of pyridine rings is 1. The van der Waals surface area contributed by atoms with E-state index in [1.807, 2.05) is 31.2 Å². The fourth-order valence-electron chi connectivity index (χ4n) is 1.84. The van der Waals surface area contributed by atoms with Crippen LogP contribution in [0.5, 0.6) is 11.6 Å². The second-order valence-electron chi connectivity index (χ2n) is 4.23. The van der Waals surface area contributed by atoms with Gasteiger partial charge in [0.1, 0.15) is 5.75 Å². The quantitative estimate of drug-likeness (QED) is 0.895. The van der Waals surface area contributed by atoms with Crippen LogP contribution in [0.15, 0.2) is 36.5 Å². The van der Waals surface area contributed by atoms with Crippen molar-refractivity contribution in [3.63, 3.8) is 0 Å². The third kappa shape index (κ3) is 2.68. The van der Waals surface area contributed by atoms with Crippen molar-refractivity contribution < 1.29 is 4.74 Å². The lowest BCUT2D eigenvalue weighted by Gasteiger charge is -2.11. The lowest BCUT2D eigenvalue weighted by molar-refractivity contribution is 0.453. The predicted molar refractivity (Wildman–Crippen MR) is 72.8 cm³/mol. The Hall–Kier alpha value is -1.87. The average Bonchev–Trinajstić information content (AvgIpc) is 2.41. The Labute approximate surface area is 108 Å². The van der Waals surface area contributed by atoms with E-state index in [0.717, 1.165) is 23.3 Å². The highest BCUT2D eigenvalue weighted by Gasteiger charge is 2.06. The van der Waals surface area contributed by atoms with Crippen molar-refractivity contribution in [1.29, 1.82) is 0 Å². The molecule has 0 bridgehead atoms. The summed E-state index contributed by atoms with van der Waals surface area (Å²) in [4.78, 5) is 4.32. The van der Waals surface area contributed by atoms with E-state index in [0.29, 0.717) is 12.4 Å². The van der Waals surface area contributed by atoms with Gasteiger partial charge in [0.25, 0.3) is 0 Å². The van der Waals surface area contributed by atoms with Gasteiger partial charge in [-0.1, -0.05) is 25.1 Å². The minimum atomic E-state index is 0.500. The highest BCUT2D eigenvalue weighted by Crippen LogP contribution is 2.26. The van der Waals surface area contributed by atoms with Crippen molar-refractivity contribution in [2.75, 3.05) is 0 Å². The number of aryl methyl sites for hydroxylation is 2. The van der Waals surface area contributed by atoms with E-state index in [-0.39, 0.29) is 0 Å². The molecule has 0 amide bonds. The molecule has 0 unspecified atom stereocenters. The summed E-state index contributed by atoms with van der Waals surface area (Å²) in [5.41, 5.74) is 8.79. The fraction of sp³-hybridized carbons (Fsp3) is 0.267. The molecule has 2 N–H and O–H groups in total. The van der Waals surface area contributed by atoms with E-state index in [4.69, 9.17) is 10.5 Å². The standard InChI is InChI=1S/C15H18N2O/c1-3-13-6-4-5-7-14(13)18-15-11(2)8-12(9-16)10-17-15/h4-8,10H,3,9,16H2,1-2H3. The summed E-state index contributed by atoms with van der Waals surface area (Å²) in [6.45, 7) is 4.59. The molecule has 3 nitrogen and oxygen atoms in total. The van der Waals surface area contributed by atoms with Crippen molar-refractivity contribution >= 4 is 0 Å². The molecule has 0 atom stereocenters. The number of ether oxygens (including phenoxy) is 1. The van der Waals surface area contributed by atoms with Crippen molar-refractivity contribution in [1.82, 2.24) is 4.98 Å². The molecule has 0 aliphatic carbocycles. The maximum atomic E-state index is 5.88. The second-order valence-corrected chi connectivity index (χ2v) is 4.23. The van der Waals surface area contributed by atoms with E-state index in [1.165, 1.54) is 5.56 Å². The summed E-state index contributed by atoms with van der Waals surface area (Å²) < 4.78 is 5.88. The van der Waals surface area contributed by atoms with Gasteiger partial charge < -0.3 is 10.5 Å². The molecule has 0 saturated heterocycles. The van der Waals surface area contributed by atoms with Crippen LogP contribution in [0.4, 0.5) is 0 Å². The van der Waals surface area contributed by atoms with E-state index < -0.39 is 0 Å². The number of hydrogen-bond acceptors (Lipinski definition) is 3. The number of para-hydroxylation sites is 1. The van der Waals surface area contributed by atoms with Crippen LogP contribution in [-0.2, 0) is 13.0 Å². The Morgan fingerprint density at radius 3 is 2.72 bits per heavy atom. The first-order valence-electron chi connectivity index (χ1n) is 6.16. The molecule has 0 fully saturated rings. The molecule has 0 saturated carbocycles. The number of hydrogen-bond donors (Lipinski definition) is 1. The number of benzene rings is 1. The zero-order valence-electron chi connectivity index (χ0n) is 10.8. The van der Waals surface area contributed by atoms with Gasteiger partial charge in [0, 0.05) is 18.3 Å². The van der Waals surface area contributed by atoms with E-state index in [9.17, 15) is 0 Å². The van der Waals surface area contributed by atoms with Crippen LogP contribution in [0, 0.1) is 6.92 Å². The zero-order valence-corrected chi connectivity index (χ0v) is 10.8. The maximum Gasteiger partial charge on any atom is 0.222 e. The summed E-state index contributed by atoms with van der Waals surface area (Å²) >= 11 is 0. The lowest BCUT2D eigenvalue weighted by atomic mass is 10.1. The summed E-state index contributed by atoms with van der Waals surface area (Å²) in [6.07, 6.45) is 2.70. The molecule has 0 spiro atoms. The van der Waals surface area contributed by atoms with Gasteiger partial charge in [-0.2, -0.15) is 0 Å². The van der Waals surface area contributed by atoms with Gasteiger partial charge in [-0.25, -0.2) is 4.98 Å². The van der Waals surface area contributed by atoms with Crippen LogP contribution in [0.1, 0.15) is 23.6 Å². The van der Waals surface area contributed by atoms with Gasteiger partial charge in [0.15, 0.2) is 0 Å². The number of rotatable bonds is 4. The van der Waals surface area contributed by atoms with Gasteiger partial charge in [0.05, 0.1) is 0 Å². The van der Waals surface area contributed by atoms with E-state index in [2.05, 4.69) is 18.0 Å². The van der Waals surface area contributed by atoms with Crippen LogP contribution in [0.2, 0.25) is 0 Å². The Bertz CT molecular complexity index is 538. The Balaban J connectivity index is 2.28. The molecule has 1 aromatic carbocycles. The fourth-order valence-corrected chi connectivity index (χ4v) is 1.84. The molecule has 2 rings (SSSR count). The molecule has 0 radical (unpaired) electrons. The first-order valence-corrected chi connectivity index (χ1v) is 6.16. The van der Waals surface area contributed by atoms with Crippen molar-refractivity contribution in [2.45, 2.75) is 26.8 Å². The van der Waals surface area contributed by atoms with Crippen LogP contribution in [0.3, 0.4) is 0 Å². The molecule has 1 heterocycles. The molecular formula is C15H18N2O. The minimum absolute atomic E-state index is 0.500. The smallest absolute Gasteiger partial charge is 0.222 e. The Morgan fingerprint density at radius 1 is 1.28 bits per heavy atom. The first-order chi connectivity index (χ1) is 8.74. The van der Waals surface area contributed by atoms with E-state index >= 15 is 0 Å². The second kappa shape index (κ2) is 5.65. The minimum Gasteiger partial charge on any atom is -0.438 e. The first kappa shape index (κ1) is 12.6. The van der Waals surface area contributed by atoms with Gasteiger partial charge >= 0.3 is 0 Å². The largest absolute Gasteiger partial charge is 0.438 e. The van der Waals surface area contributed by atoms with Gasteiger partial charge in [-0.3, -0.25) is 0 Å². The molecule has 18 heavy (non-hydrogen) atoms. The Morgan fingerprint density at radius 2 is 2.06 bits per heavy atom. The molecule has 0 aliphatic heterocycles. The van der Waals surface area contributed by atoms with Gasteiger partial charge in [-0.05, 0) is 36.6 Å². The highest BCUT2D eigenvalue weighted by atomic mass is 16.5. The molecule has 2 aromatic rings. The van der Waals surface area contributed by atoms with Gasteiger partial charge in [0.2, 0.25) is 5.88 Å². The topological polar surface area (TPSA) is 48.1 Å². The number of nitrogens with zero attached hydrogens (tertiary/aromatic N) is 1. The normalized spacial score (nSPS) is 10.4. The maximum absolute atomic E-state index is 5.88. The highest BCUT2D eigenvalue weighted by molar-refractivity contribution is 5.38. The van der Waals surface area contributed by atoms with E-state index in [1.54, 1.807) is 6.20 Å². The van der Waals surface area contributed by atoms with Crippen LogP contribution in [-0.4, -0.2) is 4.98 Å². The SMILES string of the molecule is CCc1ccccc1Oc1ncc(CN)cc1C. The molecule has 0 aliphatic rings. The zero-order chi connectivity index (χ0) is 13.0. The van der Waals surface area contributed by atoms with Gasteiger partial charge in [-0.15, -0.1) is 0 Å². The molecular weight excluding hydrogens is 224 g/mol. The van der Waals surface area contributed by atoms with Crippen LogP contribution in [0.25, 0.3) is 0 Å². The third-order valence-corrected chi connectivity index (χ3v) is 2.88. The molecule has 1 aromatic heterocycles. The number of aromatic nitrogens is 1.